The molecule has 1 amide bonds. The Morgan fingerprint density at radius 2 is 1.93 bits per heavy atom. The number of benzene rings is 2. The van der Waals surface area contributed by atoms with E-state index in [0.717, 1.165) is 16.2 Å². The van der Waals surface area contributed by atoms with Gasteiger partial charge in [0.1, 0.15) is 0 Å². The van der Waals surface area contributed by atoms with Gasteiger partial charge in [0.15, 0.2) is 6.10 Å². The number of amides is 1. The van der Waals surface area contributed by atoms with Gasteiger partial charge < -0.3 is 9.84 Å². The first kappa shape index (κ1) is 18.5. The maximum absolute atomic E-state index is 11.7. The van der Waals surface area contributed by atoms with Crippen LogP contribution in [0.15, 0.2) is 60.8 Å². The van der Waals surface area contributed by atoms with Gasteiger partial charge in [0, 0.05) is 17.8 Å². The third-order valence-electron chi connectivity index (χ3n) is 3.96. The van der Waals surface area contributed by atoms with Gasteiger partial charge in [-0.25, -0.2) is 4.79 Å². The van der Waals surface area contributed by atoms with E-state index in [4.69, 9.17) is 9.57 Å². The zero-order valence-corrected chi connectivity index (χ0v) is 15.1. The summed E-state index contributed by atoms with van der Waals surface area (Å²) >= 11 is 0. The van der Waals surface area contributed by atoms with Crippen molar-refractivity contribution in [1.29, 1.82) is 0 Å². The fourth-order valence-corrected chi connectivity index (χ4v) is 2.74. The molecule has 140 valence electrons. The third kappa shape index (κ3) is 4.27. The molecule has 0 aliphatic rings. The summed E-state index contributed by atoms with van der Waals surface area (Å²) in [4.78, 5) is 17.0. The highest BCUT2D eigenvalue weighted by atomic mass is 16.7. The molecule has 2 aromatic carbocycles. The van der Waals surface area contributed by atoms with Crippen LogP contribution in [0.3, 0.4) is 0 Å². The molecule has 7 nitrogen and oxygen atoms in total. The van der Waals surface area contributed by atoms with Crippen LogP contribution in [0.25, 0.3) is 0 Å². The van der Waals surface area contributed by atoms with Crippen LogP contribution in [0.4, 0.5) is 10.5 Å². The molecule has 0 spiro atoms. The van der Waals surface area contributed by atoms with E-state index in [1.807, 2.05) is 43.3 Å². The van der Waals surface area contributed by atoms with Gasteiger partial charge in [-0.2, -0.15) is 5.06 Å². The standard InChI is InChI=1S/C20H21N3O4/c1-3-26-23(20(24)25)17-7-5-4-6-16(17)19(27-18-12-13-21-22-18)15-10-8-14(2)9-11-15/h4-13,19H,3H2,1-2H3,(H,21,22)(H,24,25). The minimum atomic E-state index is -1.20. The van der Waals surface area contributed by atoms with E-state index in [-0.39, 0.29) is 6.61 Å². The Labute approximate surface area is 157 Å². The molecule has 7 heteroatoms. The number of nitrogens with one attached hydrogen (secondary N) is 1. The zero-order valence-electron chi connectivity index (χ0n) is 15.1. The average molecular weight is 367 g/mol. The number of H-pyrrole nitrogens is 1. The number of para-hydroxylation sites is 1. The predicted molar refractivity (Wildman–Crippen MR) is 101 cm³/mol. The smallest absolute Gasteiger partial charge is 0.436 e. The summed E-state index contributed by atoms with van der Waals surface area (Å²) < 4.78 is 6.10. The summed E-state index contributed by atoms with van der Waals surface area (Å²) in [6.07, 6.45) is -0.101. The largest absolute Gasteiger partial charge is 0.463 e. The third-order valence-corrected chi connectivity index (χ3v) is 3.96. The second kappa shape index (κ2) is 8.37. The quantitative estimate of drug-likeness (QED) is 0.607. The van der Waals surface area contributed by atoms with Crippen molar-refractivity contribution in [2.45, 2.75) is 20.0 Å². The van der Waals surface area contributed by atoms with Crippen molar-refractivity contribution in [3.8, 4) is 5.88 Å². The molecule has 0 radical (unpaired) electrons. The molecule has 27 heavy (non-hydrogen) atoms. The number of hydrogen-bond donors (Lipinski definition) is 2. The predicted octanol–water partition coefficient (Wildman–Crippen LogP) is 4.32. The SMILES string of the molecule is CCON(C(=O)O)c1ccccc1C(Oc1cc[nH]n1)c1ccc(C)cc1. The lowest BCUT2D eigenvalue weighted by molar-refractivity contribution is 0.102. The summed E-state index contributed by atoms with van der Waals surface area (Å²) in [7, 11) is 0. The molecule has 0 aliphatic carbocycles. The molecule has 0 fully saturated rings. The van der Waals surface area contributed by atoms with E-state index >= 15 is 0 Å². The number of ether oxygens (including phenoxy) is 1. The lowest BCUT2D eigenvalue weighted by Gasteiger charge is -2.25. The van der Waals surface area contributed by atoms with Crippen molar-refractivity contribution < 1.29 is 19.5 Å². The Hall–Kier alpha value is -3.32. The van der Waals surface area contributed by atoms with Crippen LogP contribution < -0.4 is 9.80 Å². The van der Waals surface area contributed by atoms with Crippen molar-refractivity contribution >= 4 is 11.8 Å². The number of aryl methyl sites for hydroxylation is 1. The van der Waals surface area contributed by atoms with E-state index < -0.39 is 12.2 Å². The van der Waals surface area contributed by atoms with E-state index in [2.05, 4.69) is 10.2 Å². The Bertz CT molecular complexity index is 879. The molecule has 2 N–H and O–H groups in total. The van der Waals surface area contributed by atoms with E-state index in [9.17, 15) is 9.90 Å². The van der Waals surface area contributed by atoms with Crippen LogP contribution in [0.1, 0.15) is 29.7 Å². The number of carbonyl (C=O) groups is 1. The van der Waals surface area contributed by atoms with Crippen LogP contribution in [0, 0.1) is 6.92 Å². The molecule has 0 aliphatic heterocycles. The van der Waals surface area contributed by atoms with Gasteiger partial charge in [-0.1, -0.05) is 48.0 Å². The second-order valence-electron chi connectivity index (χ2n) is 5.87. The van der Waals surface area contributed by atoms with E-state index in [0.29, 0.717) is 17.1 Å². The van der Waals surface area contributed by atoms with Crippen LogP contribution in [-0.4, -0.2) is 28.0 Å². The lowest BCUT2D eigenvalue weighted by Crippen LogP contribution is -2.31. The topological polar surface area (TPSA) is 87.7 Å². The first-order valence-corrected chi connectivity index (χ1v) is 8.58. The van der Waals surface area contributed by atoms with Crippen molar-refractivity contribution in [3.63, 3.8) is 0 Å². The van der Waals surface area contributed by atoms with Gasteiger partial charge in [-0.05, 0) is 25.5 Å². The number of carboxylic acid groups (broad SMARTS) is 1. The highest BCUT2D eigenvalue weighted by molar-refractivity contribution is 5.85. The van der Waals surface area contributed by atoms with Crippen LogP contribution in [0.2, 0.25) is 0 Å². The molecule has 0 saturated heterocycles. The number of aromatic amines is 1. The maximum Gasteiger partial charge on any atom is 0.436 e. The summed E-state index contributed by atoms with van der Waals surface area (Å²) in [5.74, 6) is 0.411. The normalized spacial score (nSPS) is 11.8. The van der Waals surface area contributed by atoms with Crippen molar-refractivity contribution in [2.24, 2.45) is 0 Å². The first-order valence-electron chi connectivity index (χ1n) is 8.58. The molecule has 1 unspecified atom stereocenters. The molecule has 3 rings (SSSR count). The Balaban J connectivity index is 2.09. The molecule has 0 saturated carbocycles. The van der Waals surface area contributed by atoms with Gasteiger partial charge in [0.25, 0.3) is 0 Å². The Morgan fingerprint density at radius 1 is 1.19 bits per heavy atom. The highest BCUT2D eigenvalue weighted by Crippen LogP contribution is 2.34. The number of hydroxylamine groups is 1. The summed E-state index contributed by atoms with van der Waals surface area (Å²) in [6.45, 7) is 3.95. The number of anilines is 1. The van der Waals surface area contributed by atoms with Gasteiger partial charge in [0.2, 0.25) is 5.88 Å². The monoisotopic (exact) mass is 367 g/mol. The maximum atomic E-state index is 11.7. The Kier molecular flexibility index (Phi) is 5.73. The zero-order chi connectivity index (χ0) is 19.2. The van der Waals surface area contributed by atoms with Gasteiger partial charge >= 0.3 is 6.09 Å². The highest BCUT2D eigenvalue weighted by Gasteiger charge is 2.26. The molecule has 3 aromatic rings. The van der Waals surface area contributed by atoms with Crippen LogP contribution in [0.5, 0.6) is 5.88 Å². The minimum absolute atomic E-state index is 0.218. The minimum Gasteiger partial charge on any atom is -0.463 e. The molecular formula is C20H21N3O4. The van der Waals surface area contributed by atoms with Gasteiger partial charge in [-0.3, -0.25) is 9.94 Å². The van der Waals surface area contributed by atoms with Crippen molar-refractivity contribution in [2.75, 3.05) is 11.7 Å². The van der Waals surface area contributed by atoms with Gasteiger partial charge in [0.05, 0.1) is 12.3 Å². The van der Waals surface area contributed by atoms with Gasteiger partial charge in [-0.15, -0.1) is 5.10 Å². The first-order chi connectivity index (χ1) is 13.1. The lowest BCUT2D eigenvalue weighted by atomic mass is 9.98. The van der Waals surface area contributed by atoms with Crippen molar-refractivity contribution in [3.05, 3.63) is 77.5 Å². The summed E-state index contributed by atoms with van der Waals surface area (Å²) in [5, 5.41) is 17.2. The Morgan fingerprint density at radius 3 is 2.56 bits per heavy atom. The number of aromatic nitrogens is 2. The average Bonchev–Trinajstić information content (AvgIpc) is 3.18. The summed E-state index contributed by atoms with van der Waals surface area (Å²) in [5.41, 5.74) is 3.04. The number of hydrogen-bond acceptors (Lipinski definition) is 4. The van der Waals surface area contributed by atoms with E-state index in [1.165, 1.54) is 0 Å². The fraction of sp³-hybridized carbons (Fsp3) is 0.200. The second-order valence-corrected chi connectivity index (χ2v) is 5.87. The fourth-order valence-electron chi connectivity index (χ4n) is 2.74. The molecule has 1 heterocycles. The van der Waals surface area contributed by atoms with Crippen LogP contribution in [-0.2, 0) is 4.84 Å². The molecule has 1 aromatic heterocycles. The molecular weight excluding hydrogens is 346 g/mol. The van der Waals surface area contributed by atoms with Crippen molar-refractivity contribution in [1.82, 2.24) is 10.2 Å². The number of rotatable bonds is 7. The molecule has 1 atom stereocenters. The molecule has 0 bridgehead atoms. The van der Waals surface area contributed by atoms with E-state index in [1.54, 1.807) is 31.3 Å². The summed E-state index contributed by atoms with van der Waals surface area (Å²) in [6, 6.07) is 16.7. The number of nitrogens with zero attached hydrogens (tertiary/aromatic N) is 2. The van der Waals surface area contributed by atoms with Crippen LogP contribution >= 0.6 is 0 Å².